The fourth-order valence-electron chi connectivity index (χ4n) is 2.54. The predicted molar refractivity (Wildman–Crippen MR) is 98.9 cm³/mol. The summed E-state index contributed by atoms with van der Waals surface area (Å²) in [6.45, 7) is 2.50. The Morgan fingerprint density at radius 2 is 2.15 bits per heavy atom. The maximum absolute atomic E-state index is 12.1. The molecule has 3 rings (SSSR count). The van der Waals surface area contributed by atoms with E-state index in [9.17, 15) is 9.90 Å². The first kappa shape index (κ1) is 18.1. The van der Waals surface area contributed by atoms with E-state index in [0.29, 0.717) is 22.9 Å². The number of hydrogen-bond donors (Lipinski definition) is 3. The number of aliphatic hydroxyl groups excluding tert-OH is 1. The topological polar surface area (TPSA) is 96.1 Å². The van der Waals surface area contributed by atoms with E-state index >= 15 is 0 Å². The number of nitrogens with one attached hydrogen (secondary N) is 2. The van der Waals surface area contributed by atoms with Crippen molar-refractivity contribution < 1.29 is 14.3 Å². The van der Waals surface area contributed by atoms with Crippen molar-refractivity contribution in [3.63, 3.8) is 0 Å². The van der Waals surface area contributed by atoms with Gasteiger partial charge in [0.1, 0.15) is 11.9 Å². The molecule has 1 aromatic carbocycles. The van der Waals surface area contributed by atoms with Crippen LogP contribution < -0.4 is 5.32 Å². The highest BCUT2D eigenvalue weighted by Crippen LogP contribution is 2.18. The van der Waals surface area contributed by atoms with Crippen molar-refractivity contribution in [3.8, 4) is 11.4 Å². The second-order valence-corrected chi connectivity index (χ2v) is 6.34. The summed E-state index contributed by atoms with van der Waals surface area (Å²) in [4.78, 5) is 12.1. The molecule has 0 saturated carbocycles. The van der Waals surface area contributed by atoms with Crippen LogP contribution in [0, 0.1) is 11.7 Å². The Balaban J connectivity index is 1.59. The number of aliphatic hydroxyl groups is 1. The van der Waals surface area contributed by atoms with Crippen LogP contribution in [0.1, 0.15) is 23.8 Å². The molecule has 136 valence electrons. The molecule has 0 fully saturated rings. The number of aromatic nitrogens is 3. The van der Waals surface area contributed by atoms with Crippen LogP contribution in [0.3, 0.4) is 0 Å². The molecule has 1 amide bonds. The van der Waals surface area contributed by atoms with Crippen molar-refractivity contribution in [2.45, 2.75) is 26.0 Å². The van der Waals surface area contributed by atoms with Crippen molar-refractivity contribution in [1.29, 1.82) is 0 Å². The molecule has 2 aromatic heterocycles. The van der Waals surface area contributed by atoms with Gasteiger partial charge in [-0.3, -0.25) is 14.5 Å². The van der Waals surface area contributed by atoms with Gasteiger partial charge >= 0.3 is 0 Å². The van der Waals surface area contributed by atoms with Crippen molar-refractivity contribution in [2.75, 3.05) is 6.54 Å². The largest absolute Gasteiger partial charge is 0.467 e. The lowest BCUT2D eigenvalue weighted by atomic mass is 10.1. The molecule has 8 heteroatoms. The number of aryl methyl sites for hydroxylation is 1. The number of hydrogen-bond acceptors (Lipinski definition) is 5. The molecule has 7 nitrogen and oxygen atoms in total. The number of aromatic amines is 1. The highest BCUT2D eigenvalue weighted by Gasteiger charge is 2.13. The van der Waals surface area contributed by atoms with Crippen LogP contribution >= 0.6 is 12.2 Å². The van der Waals surface area contributed by atoms with Crippen LogP contribution in [0.4, 0.5) is 0 Å². The third-order valence-corrected chi connectivity index (χ3v) is 4.31. The zero-order valence-corrected chi connectivity index (χ0v) is 15.1. The number of carbonyl (C=O) groups excluding carboxylic acids is 1. The van der Waals surface area contributed by atoms with Crippen LogP contribution in [0.15, 0.2) is 47.1 Å². The summed E-state index contributed by atoms with van der Waals surface area (Å²) in [6, 6.07) is 11.3. The molecule has 0 spiro atoms. The first-order valence-corrected chi connectivity index (χ1v) is 8.66. The van der Waals surface area contributed by atoms with Crippen molar-refractivity contribution in [3.05, 3.63) is 58.8 Å². The third kappa shape index (κ3) is 4.27. The summed E-state index contributed by atoms with van der Waals surface area (Å²) in [5, 5.41) is 19.7. The summed E-state index contributed by atoms with van der Waals surface area (Å²) >= 11 is 5.27. The Bertz CT molecular complexity index is 913. The molecular formula is C18H20N4O3S. The third-order valence-electron chi connectivity index (χ3n) is 3.99. The Hall–Kier alpha value is -2.71. The van der Waals surface area contributed by atoms with Crippen LogP contribution in [-0.4, -0.2) is 32.3 Å². The maximum atomic E-state index is 12.1. The molecule has 3 N–H and O–H groups in total. The number of furan rings is 1. The van der Waals surface area contributed by atoms with Gasteiger partial charge < -0.3 is 14.8 Å². The fourth-order valence-corrected chi connectivity index (χ4v) is 2.77. The molecule has 1 unspecified atom stereocenters. The highest BCUT2D eigenvalue weighted by atomic mass is 32.1. The summed E-state index contributed by atoms with van der Waals surface area (Å²) in [5.74, 6) is 0.927. The van der Waals surface area contributed by atoms with E-state index in [1.807, 2.05) is 31.2 Å². The lowest BCUT2D eigenvalue weighted by Crippen LogP contribution is -2.29. The van der Waals surface area contributed by atoms with Crippen molar-refractivity contribution in [2.24, 2.45) is 0 Å². The minimum atomic E-state index is -0.867. The number of nitrogens with zero attached hydrogens (tertiary/aromatic N) is 2. The van der Waals surface area contributed by atoms with Crippen molar-refractivity contribution in [1.82, 2.24) is 20.1 Å². The van der Waals surface area contributed by atoms with Gasteiger partial charge in [0.05, 0.1) is 12.8 Å². The quantitative estimate of drug-likeness (QED) is 0.554. The zero-order chi connectivity index (χ0) is 18.5. The van der Waals surface area contributed by atoms with Gasteiger partial charge in [0.25, 0.3) is 0 Å². The lowest BCUT2D eigenvalue weighted by molar-refractivity contribution is -0.121. The Kier molecular flexibility index (Phi) is 5.65. The van der Waals surface area contributed by atoms with E-state index in [2.05, 4.69) is 15.5 Å². The molecule has 2 heterocycles. The molecule has 0 radical (unpaired) electrons. The highest BCUT2D eigenvalue weighted by molar-refractivity contribution is 7.71. The molecule has 1 atom stereocenters. The minimum absolute atomic E-state index is 0.0912. The molecule has 3 aromatic rings. The van der Waals surface area contributed by atoms with Gasteiger partial charge in [-0.05, 0) is 31.3 Å². The van der Waals surface area contributed by atoms with Crippen LogP contribution in [0.2, 0.25) is 0 Å². The van der Waals surface area contributed by atoms with Crippen LogP contribution in [0.25, 0.3) is 11.4 Å². The normalized spacial score (nSPS) is 12.1. The van der Waals surface area contributed by atoms with Crippen LogP contribution in [0.5, 0.6) is 0 Å². The van der Waals surface area contributed by atoms with Gasteiger partial charge in [-0.1, -0.05) is 29.8 Å². The van der Waals surface area contributed by atoms with Gasteiger partial charge in [-0.2, -0.15) is 5.10 Å². The SMILES string of the molecule is Cc1ccc(-c2n[nH]c(=S)n2CCC(=O)NCC(O)c2ccco2)cc1. The lowest BCUT2D eigenvalue weighted by Gasteiger charge is -2.10. The molecular weight excluding hydrogens is 352 g/mol. The summed E-state index contributed by atoms with van der Waals surface area (Å²) in [7, 11) is 0. The Morgan fingerprint density at radius 1 is 1.38 bits per heavy atom. The van der Waals surface area contributed by atoms with E-state index in [-0.39, 0.29) is 18.9 Å². The van der Waals surface area contributed by atoms with E-state index in [4.69, 9.17) is 16.6 Å². The molecule has 0 bridgehead atoms. The zero-order valence-electron chi connectivity index (χ0n) is 14.3. The first-order chi connectivity index (χ1) is 12.5. The fraction of sp³-hybridized carbons (Fsp3) is 0.278. The van der Waals surface area contributed by atoms with Gasteiger partial charge in [0.15, 0.2) is 10.6 Å². The summed E-state index contributed by atoms with van der Waals surface area (Å²) in [6.07, 6.45) is 0.832. The predicted octanol–water partition coefficient (Wildman–Crippen LogP) is 2.75. The van der Waals surface area contributed by atoms with E-state index in [0.717, 1.165) is 11.1 Å². The average molecular weight is 372 g/mol. The van der Waals surface area contributed by atoms with Gasteiger partial charge in [-0.25, -0.2) is 0 Å². The molecule has 0 aliphatic carbocycles. The van der Waals surface area contributed by atoms with Crippen molar-refractivity contribution >= 4 is 18.1 Å². The van der Waals surface area contributed by atoms with Gasteiger partial charge in [0.2, 0.25) is 5.91 Å². The number of rotatable bonds is 7. The average Bonchev–Trinajstić information content (AvgIpc) is 3.29. The smallest absolute Gasteiger partial charge is 0.221 e. The molecule has 0 saturated heterocycles. The Morgan fingerprint density at radius 3 is 2.85 bits per heavy atom. The second kappa shape index (κ2) is 8.11. The molecule has 0 aliphatic heterocycles. The number of carbonyl (C=O) groups is 1. The van der Waals surface area contributed by atoms with Gasteiger partial charge in [0, 0.05) is 18.5 Å². The maximum Gasteiger partial charge on any atom is 0.221 e. The molecule has 0 aliphatic rings. The monoisotopic (exact) mass is 372 g/mol. The molecule has 26 heavy (non-hydrogen) atoms. The Labute approximate surface area is 155 Å². The number of H-pyrrole nitrogens is 1. The summed E-state index contributed by atoms with van der Waals surface area (Å²) < 4.78 is 7.36. The minimum Gasteiger partial charge on any atom is -0.467 e. The van der Waals surface area contributed by atoms with Gasteiger partial charge in [-0.15, -0.1) is 0 Å². The second-order valence-electron chi connectivity index (χ2n) is 5.96. The van der Waals surface area contributed by atoms with E-state index in [1.54, 1.807) is 16.7 Å². The first-order valence-electron chi connectivity index (χ1n) is 8.25. The van der Waals surface area contributed by atoms with E-state index < -0.39 is 6.10 Å². The van der Waals surface area contributed by atoms with E-state index in [1.165, 1.54) is 6.26 Å². The van der Waals surface area contributed by atoms with Crippen LogP contribution in [-0.2, 0) is 11.3 Å². The summed E-state index contributed by atoms with van der Waals surface area (Å²) in [5.41, 5.74) is 2.08. The standard InChI is InChI=1S/C18H20N4O3S/c1-12-4-6-13(7-5-12)17-20-21-18(26)22(17)9-8-16(24)19-11-14(23)15-3-2-10-25-15/h2-7,10,14,23H,8-9,11H2,1H3,(H,19,24)(H,21,26). The number of benzene rings is 1. The number of amides is 1.